The largest absolute Gasteiger partial charge is 0.325 e. The predicted octanol–water partition coefficient (Wildman–Crippen LogP) is 3.50. The Kier molecular flexibility index (Phi) is 4.72. The summed E-state index contributed by atoms with van der Waals surface area (Å²) in [5, 5.41) is -0.0669. The van der Waals surface area contributed by atoms with Crippen LogP contribution in [0.2, 0.25) is 5.02 Å². The second-order valence-electron chi connectivity index (χ2n) is 5.77. The number of anilines is 1. The van der Waals surface area contributed by atoms with E-state index in [4.69, 9.17) is 11.6 Å². The molecule has 25 heavy (non-hydrogen) atoms. The molecule has 1 atom stereocenters. The van der Waals surface area contributed by atoms with Crippen LogP contribution < -0.4 is 4.90 Å². The third-order valence-corrected chi connectivity index (χ3v) is 4.51. The lowest BCUT2D eigenvalue weighted by atomic mass is 10.1. The average Bonchev–Trinajstić information content (AvgIpc) is 2.60. The Labute approximate surface area is 148 Å². The van der Waals surface area contributed by atoms with E-state index in [0.29, 0.717) is 17.8 Å². The van der Waals surface area contributed by atoms with Gasteiger partial charge in [0.15, 0.2) is 0 Å². The molecule has 3 rings (SSSR count). The fraction of sp³-hybridized carbons (Fsp3) is 0.222. The zero-order valence-corrected chi connectivity index (χ0v) is 14.1. The molecule has 0 saturated carbocycles. The van der Waals surface area contributed by atoms with Gasteiger partial charge in [0.1, 0.15) is 17.7 Å². The molecule has 2 amide bonds. The number of amides is 2. The van der Waals surface area contributed by atoms with Crippen molar-refractivity contribution in [3.05, 3.63) is 64.7 Å². The topological polar surface area (TPSA) is 40.6 Å². The zero-order valence-electron chi connectivity index (χ0n) is 13.4. The van der Waals surface area contributed by atoms with Gasteiger partial charge in [0.05, 0.1) is 5.02 Å². The summed E-state index contributed by atoms with van der Waals surface area (Å²) in [5.41, 5.74) is 0.802. The van der Waals surface area contributed by atoms with Crippen LogP contribution in [-0.4, -0.2) is 35.8 Å². The second-order valence-corrected chi connectivity index (χ2v) is 6.18. The molecule has 0 spiro atoms. The van der Waals surface area contributed by atoms with Crippen LogP contribution >= 0.6 is 11.6 Å². The minimum absolute atomic E-state index is 0.0669. The molecule has 1 fully saturated rings. The van der Waals surface area contributed by atoms with Crippen LogP contribution in [0.25, 0.3) is 0 Å². The number of hydrogen-bond acceptors (Lipinski definition) is 2. The zero-order chi connectivity index (χ0) is 18.1. The number of piperazine rings is 1. The highest BCUT2D eigenvalue weighted by Gasteiger charge is 2.35. The normalized spacial score (nSPS) is 17.8. The number of hydrogen-bond donors (Lipinski definition) is 0. The summed E-state index contributed by atoms with van der Waals surface area (Å²) in [5.74, 6) is -1.61. The molecule has 1 aliphatic rings. The fourth-order valence-electron chi connectivity index (χ4n) is 2.82. The first kappa shape index (κ1) is 17.4. The molecule has 2 aromatic carbocycles. The van der Waals surface area contributed by atoms with Crippen molar-refractivity contribution in [3.8, 4) is 0 Å². The molecule has 4 nitrogen and oxygen atoms in total. The van der Waals surface area contributed by atoms with E-state index in [0.717, 1.165) is 0 Å². The van der Waals surface area contributed by atoms with Crippen LogP contribution in [0.5, 0.6) is 0 Å². The van der Waals surface area contributed by atoms with Gasteiger partial charge in [0.2, 0.25) is 5.91 Å². The first-order valence-electron chi connectivity index (χ1n) is 7.71. The van der Waals surface area contributed by atoms with Crippen molar-refractivity contribution in [1.29, 1.82) is 0 Å². The SMILES string of the molecule is C[C@H]1C(=O)N(c2ccc(F)c(Cl)c2)CCN1C(=O)c1ccc(F)cc1. The molecular weight excluding hydrogens is 350 g/mol. The van der Waals surface area contributed by atoms with E-state index in [1.54, 1.807) is 6.92 Å². The molecule has 0 radical (unpaired) electrons. The van der Waals surface area contributed by atoms with Gasteiger partial charge in [-0.25, -0.2) is 8.78 Å². The fourth-order valence-corrected chi connectivity index (χ4v) is 2.99. The third-order valence-electron chi connectivity index (χ3n) is 4.22. The van der Waals surface area contributed by atoms with Gasteiger partial charge >= 0.3 is 0 Å². The Morgan fingerprint density at radius 3 is 2.44 bits per heavy atom. The smallest absolute Gasteiger partial charge is 0.254 e. The lowest BCUT2D eigenvalue weighted by molar-refractivity contribution is -0.124. The van der Waals surface area contributed by atoms with Crippen molar-refractivity contribution in [2.75, 3.05) is 18.0 Å². The molecule has 7 heteroatoms. The van der Waals surface area contributed by atoms with E-state index in [1.165, 1.54) is 52.3 Å². The maximum absolute atomic E-state index is 13.3. The summed E-state index contributed by atoms with van der Waals surface area (Å²) < 4.78 is 26.3. The monoisotopic (exact) mass is 364 g/mol. The molecular formula is C18H15ClF2N2O2. The summed E-state index contributed by atoms with van der Waals surface area (Å²) in [4.78, 5) is 28.1. The summed E-state index contributed by atoms with van der Waals surface area (Å²) in [6.45, 7) is 2.19. The minimum Gasteiger partial charge on any atom is -0.325 e. The number of carbonyl (C=O) groups excluding carboxylic acids is 2. The summed E-state index contributed by atoms with van der Waals surface area (Å²) in [7, 11) is 0. The summed E-state index contributed by atoms with van der Waals surface area (Å²) >= 11 is 5.78. The molecule has 0 unspecified atom stereocenters. The number of nitrogens with zero attached hydrogens (tertiary/aromatic N) is 2. The highest BCUT2D eigenvalue weighted by molar-refractivity contribution is 6.31. The van der Waals surface area contributed by atoms with Gasteiger partial charge in [-0.05, 0) is 49.4 Å². The van der Waals surface area contributed by atoms with Crippen LogP contribution in [0.1, 0.15) is 17.3 Å². The second kappa shape index (κ2) is 6.80. The van der Waals surface area contributed by atoms with Crippen molar-refractivity contribution in [1.82, 2.24) is 4.90 Å². The van der Waals surface area contributed by atoms with Crippen molar-refractivity contribution in [2.24, 2.45) is 0 Å². The molecule has 1 saturated heterocycles. The van der Waals surface area contributed by atoms with Crippen LogP contribution in [0.15, 0.2) is 42.5 Å². The van der Waals surface area contributed by atoms with Crippen molar-refractivity contribution < 1.29 is 18.4 Å². The van der Waals surface area contributed by atoms with Crippen molar-refractivity contribution >= 4 is 29.1 Å². The molecule has 1 aliphatic heterocycles. The molecule has 1 heterocycles. The van der Waals surface area contributed by atoms with E-state index in [2.05, 4.69) is 0 Å². The lowest BCUT2D eigenvalue weighted by Crippen LogP contribution is -2.57. The Bertz CT molecular complexity index is 826. The third kappa shape index (κ3) is 3.35. The number of benzene rings is 2. The van der Waals surface area contributed by atoms with Gasteiger partial charge < -0.3 is 9.80 Å². The van der Waals surface area contributed by atoms with Gasteiger partial charge in [-0.2, -0.15) is 0 Å². The molecule has 0 bridgehead atoms. The first-order chi connectivity index (χ1) is 11.9. The van der Waals surface area contributed by atoms with Gasteiger partial charge in [-0.15, -0.1) is 0 Å². The van der Waals surface area contributed by atoms with Gasteiger partial charge in [-0.3, -0.25) is 9.59 Å². The molecule has 0 aliphatic carbocycles. The lowest BCUT2D eigenvalue weighted by Gasteiger charge is -2.39. The Morgan fingerprint density at radius 2 is 1.80 bits per heavy atom. The van der Waals surface area contributed by atoms with E-state index in [9.17, 15) is 18.4 Å². The van der Waals surface area contributed by atoms with E-state index >= 15 is 0 Å². The quantitative estimate of drug-likeness (QED) is 0.818. The molecule has 0 N–H and O–H groups in total. The minimum atomic E-state index is -0.699. The number of halogens is 3. The Hall–Kier alpha value is -2.47. The maximum Gasteiger partial charge on any atom is 0.254 e. The van der Waals surface area contributed by atoms with Crippen molar-refractivity contribution in [3.63, 3.8) is 0 Å². The number of carbonyl (C=O) groups is 2. The molecule has 0 aromatic heterocycles. The van der Waals surface area contributed by atoms with Gasteiger partial charge in [-0.1, -0.05) is 11.6 Å². The van der Waals surface area contributed by atoms with Crippen LogP contribution in [0, 0.1) is 11.6 Å². The van der Waals surface area contributed by atoms with Crippen LogP contribution in [-0.2, 0) is 4.79 Å². The standard InChI is InChI=1S/C18H15ClF2N2O2/c1-11-17(24)23(14-6-7-16(21)15(19)10-14)9-8-22(11)18(25)12-2-4-13(20)5-3-12/h2-7,10-11H,8-9H2,1H3/t11-/m0/s1. The van der Waals surface area contributed by atoms with E-state index in [1.807, 2.05) is 0 Å². The van der Waals surface area contributed by atoms with Gasteiger partial charge in [0.25, 0.3) is 5.91 Å². The Balaban J connectivity index is 1.80. The average molecular weight is 365 g/mol. The highest BCUT2D eigenvalue weighted by atomic mass is 35.5. The molecule has 130 valence electrons. The van der Waals surface area contributed by atoms with E-state index in [-0.39, 0.29) is 23.4 Å². The Morgan fingerprint density at radius 1 is 1.12 bits per heavy atom. The van der Waals surface area contributed by atoms with Gasteiger partial charge in [0, 0.05) is 24.3 Å². The maximum atomic E-state index is 13.3. The van der Waals surface area contributed by atoms with Crippen LogP contribution in [0.4, 0.5) is 14.5 Å². The number of rotatable bonds is 2. The van der Waals surface area contributed by atoms with Crippen LogP contribution in [0.3, 0.4) is 0 Å². The van der Waals surface area contributed by atoms with E-state index < -0.39 is 17.7 Å². The summed E-state index contributed by atoms with van der Waals surface area (Å²) in [6.07, 6.45) is 0. The van der Waals surface area contributed by atoms with Crippen molar-refractivity contribution in [2.45, 2.75) is 13.0 Å². The highest BCUT2D eigenvalue weighted by Crippen LogP contribution is 2.26. The summed E-state index contributed by atoms with van der Waals surface area (Å²) in [6, 6.07) is 8.55. The predicted molar refractivity (Wildman–Crippen MR) is 90.7 cm³/mol. The molecule has 2 aromatic rings. The first-order valence-corrected chi connectivity index (χ1v) is 8.09.